The van der Waals surface area contributed by atoms with Gasteiger partial charge >= 0.3 is 11.7 Å². The molecule has 2 rings (SSSR count). The Morgan fingerprint density at radius 3 is 2.71 bits per heavy atom. The van der Waals surface area contributed by atoms with E-state index < -0.39 is 22.1 Å². The number of pyridine rings is 1. The van der Waals surface area contributed by atoms with E-state index in [2.05, 4.69) is 4.98 Å². The summed E-state index contributed by atoms with van der Waals surface area (Å²) in [6, 6.07) is 5.88. The molecule has 2 aromatic rings. The number of carboxylic acids is 1. The minimum absolute atomic E-state index is 0.0524. The average Bonchev–Trinajstić information content (AvgIpc) is 2.41. The van der Waals surface area contributed by atoms with Gasteiger partial charge < -0.3 is 9.84 Å². The highest BCUT2D eigenvalue weighted by Gasteiger charge is 2.21. The van der Waals surface area contributed by atoms with Crippen LogP contribution in [-0.2, 0) is 0 Å². The first kappa shape index (κ1) is 14.7. The predicted octanol–water partition coefficient (Wildman–Crippen LogP) is 3.44. The Labute approximate surface area is 123 Å². The summed E-state index contributed by atoms with van der Waals surface area (Å²) in [6.07, 6.45) is 0.851. The van der Waals surface area contributed by atoms with Gasteiger partial charge in [0.1, 0.15) is 17.5 Å². The zero-order chi connectivity index (χ0) is 15.6. The van der Waals surface area contributed by atoms with Gasteiger partial charge in [-0.15, -0.1) is 0 Å². The lowest BCUT2D eigenvalue weighted by Gasteiger charge is -2.08. The third-order valence-electron chi connectivity index (χ3n) is 2.64. The molecular formula is C13H9ClN2O5. The van der Waals surface area contributed by atoms with Crippen molar-refractivity contribution in [1.29, 1.82) is 0 Å². The van der Waals surface area contributed by atoms with Crippen LogP contribution in [0.2, 0.25) is 5.02 Å². The van der Waals surface area contributed by atoms with Gasteiger partial charge in [0.2, 0.25) is 5.88 Å². The lowest BCUT2D eigenvalue weighted by molar-refractivity contribution is -0.385. The number of carbonyl (C=O) groups is 1. The van der Waals surface area contributed by atoms with Crippen LogP contribution in [0, 0.1) is 17.0 Å². The summed E-state index contributed by atoms with van der Waals surface area (Å²) >= 11 is 5.82. The molecule has 1 heterocycles. The van der Waals surface area contributed by atoms with Crippen LogP contribution in [0.5, 0.6) is 11.6 Å². The monoisotopic (exact) mass is 308 g/mol. The van der Waals surface area contributed by atoms with Crippen LogP contribution in [-0.4, -0.2) is 21.0 Å². The van der Waals surface area contributed by atoms with E-state index in [9.17, 15) is 14.9 Å². The van der Waals surface area contributed by atoms with Gasteiger partial charge in [-0.1, -0.05) is 11.6 Å². The predicted molar refractivity (Wildman–Crippen MR) is 74.1 cm³/mol. The van der Waals surface area contributed by atoms with Gasteiger partial charge in [0.15, 0.2) is 0 Å². The van der Waals surface area contributed by atoms with Crippen molar-refractivity contribution in [2.45, 2.75) is 6.92 Å². The van der Waals surface area contributed by atoms with Gasteiger partial charge in [-0.05, 0) is 30.7 Å². The normalized spacial score (nSPS) is 10.2. The zero-order valence-corrected chi connectivity index (χ0v) is 11.5. The van der Waals surface area contributed by atoms with Crippen molar-refractivity contribution in [1.82, 2.24) is 4.98 Å². The van der Waals surface area contributed by atoms with E-state index in [4.69, 9.17) is 21.4 Å². The number of aromatic carboxylic acids is 1. The topological polar surface area (TPSA) is 103 Å². The summed E-state index contributed by atoms with van der Waals surface area (Å²) in [6.45, 7) is 1.75. The van der Waals surface area contributed by atoms with E-state index in [1.165, 1.54) is 0 Å². The Hall–Kier alpha value is -2.67. The zero-order valence-electron chi connectivity index (χ0n) is 10.7. The lowest BCUT2D eigenvalue weighted by atomic mass is 10.2. The Balaban J connectivity index is 2.39. The fourth-order valence-corrected chi connectivity index (χ4v) is 1.87. The second kappa shape index (κ2) is 5.76. The van der Waals surface area contributed by atoms with Crippen LogP contribution in [0.15, 0.2) is 30.5 Å². The van der Waals surface area contributed by atoms with Crippen molar-refractivity contribution in [3.63, 3.8) is 0 Å². The van der Waals surface area contributed by atoms with Gasteiger partial charge in [-0.25, -0.2) is 9.78 Å². The quantitative estimate of drug-likeness (QED) is 0.685. The van der Waals surface area contributed by atoms with E-state index in [-0.39, 0.29) is 5.88 Å². The lowest BCUT2D eigenvalue weighted by Crippen LogP contribution is -2.04. The molecule has 108 valence electrons. The number of carboxylic acid groups (broad SMARTS) is 1. The summed E-state index contributed by atoms with van der Waals surface area (Å²) in [4.78, 5) is 24.7. The first-order valence-electron chi connectivity index (χ1n) is 5.70. The van der Waals surface area contributed by atoms with Crippen molar-refractivity contribution in [2.75, 3.05) is 0 Å². The maximum atomic E-state index is 11.0. The Morgan fingerprint density at radius 2 is 2.14 bits per heavy atom. The summed E-state index contributed by atoms with van der Waals surface area (Å²) in [5.41, 5.74) is -0.362. The maximum absolute atomic E-state index is 11.0. The molecule has 0 aliphatic heterocycles. The highest BCUT2D eigenvalue weighted by Crippen LogP contribution is 2.28. The molecule has 0 saturated heterocycles. The fourth-order valence-electron chi connectivity index (χ4n) is 1.64. The largest absolute Gasteiger partial charge is 0.477 e. The minimum Gasteiger partial charge on any atom is -0.477 e. The Morgan fingerprint density at radius 1 is 1.43 bits per heavy atom. The molecule has 0 atom stereocenters. The molecule has 0 unspecified atom stereocenters. The van der Waals surface area contributed by atoms with Crippen LogP contribution < -0.4 is 4.74 Å². The molecule has 1 aromatic heterocycles. The molecule has 8 heteroatoms. The molecule has 0 amide bonds. The minimum atomic E-state index is -1.43. The third-order valence-corrected chi connectivity index (χ3v) is 2.87. The van der Waals surface area contributed by atoms with Crippen molar-refractivity contribution in [3.8, 4) is 11.6 Å². The van der Waals surface area contributed by atoms with Gasteiger partial charge in [-0.3, -0.25) is 10.1 Å². The molecule has 0 spiro atoms. The third kappa shape index (κ3) is 3.26. The highest BCUT2D eigenvalue weighted by atomic mass is 35.5. The summed E-state index contributed by atoms with van der Waals surface area (Å²) in [5.74, 6) is -1.05. The number of aromatic nitrogens is 1. The molecule has 0 aliphatic rings. The van der Waals surface area contributed by atoms with Crippen molar-refractivity contribution >= 4 is 23.3 Å². The van der Waals surface area contributed by atoms with Crippen LogP contribution >= 0.6 is 11.6 Å². The number of hydrogen-bond donors (Lipinski definition) is 1. The van der Waals surface area contributed by atoms with Gasteiger partial charge in [0.25, 0.3) is 0 Å². The standard InChI is InChI=1S/C13H9ClN2O5/c1-7-4-8(14)2-3-11(7)21-12-5-9(13(17)18)10(6-15-12)16(19)20/h2-6H,1H3,(H,17,18). The summed E-state index contributed by atoms with van der Waals surface area (Å²) < 4.78 is 5.43. The van der Waals surface area contributed by atoms with Gasteiger partial charge in [0.05, 0.1) is 4.92 Å². The molecule has 0 radical (unpaired) electrons. The number of halogens is 1. The van der Waals surface area contributed by atoms with E-state index >= 15 is 0 Å². The van der Waals surface area contributed by atoms with Gasteiger partial charge in [0, 0.05) is 11.1 Å². The van der Waals surface area contributed by atoms with Crippen LogP contribution in [0.3, 0.4) is 0 Å². The second-order valence-electron chi connectivity index (χ2n) is 4.11. The Kier molecular flexibility index (Phi) is 4.04. The molecule has 1 N–H and O–H groups in total. The number of hydrogen-bond acceptors (Lipinski definition) is 5. The molecule has 0 aliphatic carbocycles. The van der Waals surface area contributed by atoms with Gasteiger partial charge in [-0.2, -0.15) is 0 Å². The van der Waals surface area contributed by atoms with Crippen molar-refractivity contribution in [3.05, 3.63) is 56.7 Å². The molecule has 0 saturated carbocycles. The van der Waals surface area contributed by atoms with E-state index in [1.54, 1.807) is 25.1 Å². The molecule has 21 heavy (non-hydrogen) atoms. The van der Waals surface area contributed by atoms with Crippen molar-refractivity contribution in [2.24, 2.45) is 0 Å². The van der Waals surface area contributed by atoms with Crippen LogP contribution in [0.25, 0.3) is 0 Å². The average molecular weight is 309 g/mol. The molecular weight excluding hydrogens is 300 g/mol. The summed E-state index contributed by atoms with van der Waals surface area (Å²) in [5, 5.41) is 20.3. The molecule has 1 aromatic carbocycles. The van der Waals surface area contributed by atoms with Crippen LogP contribution in [0.4, 0.5) is 5.69 Å². The first-order chi connectivity index (χ1) is 9.88. The van der Waals surface area contributed by atoms with E-state index in [1.807, 2.05) is 0 Å². The summed E-state index contributed by atoms with van der Waals surface area (Å²) in [7, 11) is 0. The maximum Gasteiger partial charge on any atom is 0.342 e. The second-order valence-corrected chi connectivity index (χ2v) is 4.55. The smallest absolute Gasteiger partial charge is 0.342 e. The molecule has 0 fully saturated rings. The molecule has 7 nitrogen and oxygen atoms in total. The van der Waals surface area contributed by atoms with Crippen molar-refractivity contribution < 1.29 is 19.6 Å². The number of aryl methyl sites for hydroxylation is 1. The molecule has 0 bridgehead atoms. The van der Waals surface area contributed by atoms with E-state index in [0.717, 1.165) is 17.8 Å². The first-order valence-corrected chi connectivity index (χ1v) is 6.08. The SMILES string of the molecule is Cc1cc(Cl)ccc1Oc1cc(C(=O)O)c([N+](=O)[O-])cn1. The number of nitrogens with zero attached hydrogens (tertiary/aromatic N) is 2. The number of ether oxygens (including phenoxy) is 1. The highest BCUT2D eigenvalue weighted by molar-refractivity contribution is 6.30. The number of rotatable bonds is 4. The number of benzene rings is 1. The van der Waals surface area contributed by atoms with Crippen LogP contribution in [0.1, 0.15) is 15.9 Å². The number of nitro groups is 1. The van der Waals surface area contributed by atoms with E-state index in [0.29, 0.717) is 10.8 Å². The Bertz CT molecular complexity index is 732. The fraction of sp³-hybridized carbons (Fsp3) is 0.0769.